The summed E-state index contributed by atoms with van der Waals surface area (Å²) in [5, 5.41) is 3.31. The normalized spacial score (nSPS) is 12.5. The standard InChI is InChI=1S/C21H15NO2/c1-13-11-12-17-18(19(13)22-14-7-3-2-4-8-14)21(24)16-10-6-5-9-15(16)20(17)23/h2-12,22H,1H3. The zero-order chi connectivity index (χ0) is 16.7. The van der Waals surface area contributed by atoms with Gasteiger partial charge in [0.2, 0.25) is 0 Å². The van der Waals surface area contributed by atoms with Crippen LogP contribution in [0.2, 0.25) is 0 Å². The van der Waals surface area contributed by atoms with Crippen LogP contribution in [0, 0.1) is 6.92 Å². The lowest BCUT2D eigenvalue weighted by atomic mass is 9.82. The SMILES string of the molecule is Cc1ccc2c(c1Nc1ccccc1)C(=O)c1ccccc1C2=O. The minimum atomic E-state index is -0.109. The molecule has 1 aliphatic rings. The lowest BCUT2D eigenvalue weighted by molar-refractivity contribution is 0.0979. The van der Waals surface area contributed by atoms with Crippen molar-refractivity contribution in [3.8, 4) is 0 Å². The maximum atomic E-state index is 13.0. The molecule has 0 unspecified atom stereocenters. The Morgan fingerprint density at radius 1 is 0.667 bits per heavy atom. The molecule has 0 saturated heterocycles. The highest BCUT2D eigenvalue weighted by Gasteiger charge is 2.32. The van der Waals surface area contributed by atoms with Crippen molar-refractivity contribution < 1.29 is 9.59 Å². The summed E-state index contributed by atoms with van der Waals surface area (Å²) in [5.41, 5.74) is 4.38. The van der Waals surface area contributed by atoms with E-state index >= 15 is 0 Å². The number of carbonyl (C=O) groups is 2. The van der Waals surface area contributed by atoms with Crippen molar-refractivity contribution in [2.24, 2.45) is 0 Å². The summed E-state index contributed by atoms with van der Waals surface area (Å²) in [6, 6.07) is 20.3. The average molecular weight is 313 g/mol. The molecule has 0 amide bonds. The Morgan fingerprint density at radius 3 is 2.00 bits per heavy atom. The van der Waals surface area contributed by atoms with Crippen molar-refractivity contribution >= 4 is 22.9 Å². The van der Waals surface area contributed by atoms with Crippen LogP contribution in [0.3, 0.4) is 0 Å². The topological polar surface area (TPSA) is 46.2 Å². The molecular weight excluding hydrogens is 298 g/mol. The highest BCUT2D eigenvalue weighted by atomic mass is 16.1. The van der Waals surface area contributed by atoms with Gasteiger partial charge in [-0.15, -0.1) is 0 Å². The molecule has 4 rings (SSSR count). The van der Waals surface area contributed by atoms with Gasteiger partial charge in [-0.05, 0) is 30.7 Å². The van der Waals surface area contributed by atoms with E-state index in [0.717, 1.165) is 11.3 Å². The second kappa shape index (κ2) is 5.46. The molecule has 0 aliphatic heterocycles. The monoisotopic (exact) mass is 313 g/mol. The van der Waals surface area contributed by atoms with Crippen LogP contribution < -0.4 is 5.32 Å². The number of ketones is 2. The summed E-state index contributed by atoms with van der Waals surface area (Å²) < 4.78 is 0. The summed E-state index contributed by atoms with van der Waals surface area (Å²) in [5.74, 6) is -0.210. The first-order valence-corrected chi connectivity index (χ1v) is 7.81. The largest absolute Gasteiger partial charge is 0.355 e. The van der Waals surface area contributed by atoms with E-state index < -0.39 is 0 Å². The van der Waals surface area contributed by atoms with Crippen LogP contribution in [0.5, 0.6) is 0 Å². The molecule has 0 fully saturated rings. The Hall–Kier alpha value is -3.20. The van der Waals surface area contributed by atoms with E-state index in [4.69, 9.17) is 0 Å². The van der Waals surface area contributed by atoms with Gasteiger partial charge in [-0.2, -0.15) is 0 Å². The zero-order valence-electron chi connectivity index (χ0n) is 13.2. The van der Waals surface area contributed by atoms with Crippen molar-refractivity contribution in [2.75, 3.05) is 5.32 Å². The molecule has 1 N–H and O–H groups in total. The van der Waals surface area contributed by atoms with Gasteiger partial charge >= 0.3 is 0 Å². The molecule has 0 spiro atoms. The van der Waals surface area contributed by atoms with E-state index in [-0.39, 0.29) is 11.6 Å². The summed E-state index contributed by atoms with van der Waals surface area (Å²) in [6.07, 6.45) is 0. The van der Waals surface area contributed by atoms with Crippen LogP contribution >= 0.6 is 0 Å². The van der Waals surface area contributed by atoms with Crippen LogP contribution in [0.25, 0.3) is 0 Å². The third-order valence-corrected chi connectivity index (χ3v) is 4.34. The van der Waals surface area contributed by atoms with Gasteiger partial charge in [-0.1, -0.05) is 48.5 Å². The molecule has 0 radical (unpaired) electrons. The first-order chi connectivity index (χ1) is 11.7. The van der Waals surface area contributed by atoms with E-state index in [9.17, 15) is 9.59 Å². The highest BCUT2D eigenvalue weighted by molar-refractivity contribution is 6.30. The molecule has 3 nitrogen and oxygen atoms in total. The van der Waals surface area contributed by atoms with Gasteiger partial charge in [0.25, 0.3) is 0 Å². The second-order valence-electron chi connectivity index (χ2n) is 5.87. The molecule has 3 heteroatoms. The number of anilines is 2. The number of hydrogen-bond acceptors (Lipinski definition) is 3. The minimum absolute atomic E-state index is 0.101. The minimum Gasteiger partial charge on any atom is -0.355 e. The summed E-state index contributed by atoms with van der Waals surface area (Å²) in [6.45, 7) is 1.93. The number of para-hydroxylation sites is 1. The van der Waals surface area contributed by atoms with Gasteiger partial charge in [0, 0.05) is 22.4 Å². The van der Waals surface area contributed by atoms with Crippen molar-refractivity contribution in [1.29, 1.82) is 0 Å². The molecule has 3 aromatic carbocycles. The van der Waals surface area contributed by atoms with E-state index in [1.807, 2.05) is 43.3 Å². The molecule has 0 saturated carbocycles. The van der Waals surface area contributed by atoms with Crippen LogP contribution in [0.15, 0.2) is 66.7 Å². The molecule has 0 atom stereocenters. The Labute approximate surface area is 140 Å². The van der Waals surface area contributed by atoms with Gasteiger partial charge in [0.05, 0.1) is 11.3 Å². The van der Waals surface area contributed by atoms with Gasteiger partial charge in [0.15, 0.2) is 11.6 Å². The predicted octanol–water partition coefficient (Wildman–Crippen LogP) is 4.51. The first kappa shape index (κ1) is 14.4. The lowest BCUT2D eigenvalue weighted by Crippen LogP contribution is -2.22. The fourth-order valence-corrected chi connectivity index (χ4v) is 3.12. The smallest absolute Gasteiger partial charge is 0.196 e. The average Bonchev–Trinajstić information content (AvgIpc) is 2.62. The van der Waals surface area contributed by atoms with Gasteiger partial charge < -0.3 is 5.32 Å². The molecule has 1 aliphatic carbocycles. The Bertz CT molecular complexity index is 974. The van der Waals surface area contributed by atoms with Crippen LogP contribution in [0.4, 0.5) is 11.4 Å². The number of fused-ring (bicyclic) bond motifs is 2. The number of aryl methyl sites for hydroxylation is 1. The zero-order valence-corrected chi connectivity index (χ0v) is 13.2. The molecule has 0 bridgehead atoms. The molecule has 3 aromatic rings. The number of hydrogen-bond donors (Lipinski definition) is 1. The maximum Gasteiger partial charge on any atom is 0.196 e. The third kappa shape index (κ3) is 2.14. The van der Waals surface area contributed by atoms with Crippen LogP contribution in [-0.4, -0.2) is 11.6 Å². The van der Waals surface area contributed by atoms with Crippen molar-refractivity contribution in [1.82, 2.24) is 0 Å². The van der Waals surface area contributed by atoms with E-state index in [1.54, 1.807) is 30.3 Å². The fourth-order valence-electron chi connectivity index (χ4n) is 3.12. The molecule has 0 heterocycles. The second-order valence-corrected chi connectivity index (χ2v) is 5.87. The van der Waals surface area contributed by atoms with Crippen molar-refractivity contribution in [2.45, 2.75) is 6.92 Å². The predicted molar refractivity (Wildman–Crippen MR) is 94.2 cm³/mol. The van der Waals surface area contributed by atoms with Crippen LogP contribution in [0.1, 0.15) is 37.4 Å². The summed E-state index contributed by atoms with van der Waals surface area (Å²) >= 11 is 0. The fraction of sp³-hybridized carbons (Fsp3) is 0.0476. The maximum absolute atomic E-state index is 13.0. The Balaban J connectivity index is 1.92. The molecule has 24 heavy (non-hydrogen) atoms. The molecular formula is C21H15NO2. The molecule has 116 valence electrons. The van der Waals surface area contributed by atoms with E-state index in [2.05, 4.69) is 5.32 Å². The van der Waals surface area contributed by atoms with E-state index in [0.29, 0.717) is 27.9 Å². The number of benzene rings is 3. The lowest BCUT2D eigenvalue weighted by Gasteiger charge is -2.22. The highest BCUT2D eigenvalue weighted by Crippen LogP contribution is 2.35. The van der Waals surface area contributed by atoms with Crippen molar-refractivity contribution in [3.05, 3.63) is 94.5 Å². The number of carbonyl (C=O) groups excluding carboxylic acids is 2. The molecule has 0 aromatic heterocycles. The Morgan fingerprint density at radius 2 is 1.29 bits per heavy atom. The van der Waals surface area contributed by atoms with Gasteiger partial charge in [0.1, 0.15) is 0 Å². The number of nitrogens with one attached hydrogen (secondary N) is 1. The summed E-state index contributed by atoms with van der Waals surface area (Å²) in [7, 11) is 0. The van der Waals surface area contributed by atoms with Gasteiger partial charge in [-0.3, -0.25) is 9.59 Å². The third-order valence-electron chi connectivity index (χ3n) is 4.34. The van der Waals surface area contributed by atoms with E-state index in [1.165, 1.54) is 0 Å². The number of rotatable bonds is 2. The van der Waals surface area contributed by atoms with Gasteiger partial charge in [-0.25, -0.2) is 0 Å². The summed E-state index contributed by atoms with van der Waals surface area (Å²) in [4.78, 5) is 25.8. The van der Waals surface area contributed by atoms with Crippen molar-refractivity contribution in [3.63, 3.8) is 0 Å². The first-order valence-electron chi connectivity index (χ1n) is 7.81. The quantitative estimate of drug-likeness (QED) is 0.592. The van der Waals surface area contributed by atoms with Crippen LogP contribution in [-0.2, 0) is 0 Å². The Kier molecular flexibility index (Phi) is 3.28.